The Labute approximate surface area is 106 Å². The van der Waals surface area contributed by atoms with E-state index in [1.165, 1.54) is 0 Å². The van der Waals surface area contributed by atoms with Gasteiger partial charge in [-0.25, -0.2) is 0 Å². The Hall–Kier alpha value is -0.0000000000000000555. The third-order valence-electron chi connectivity index (χ3n) is 3.94. The molecule has 0 aromatic heterocycles. The molecule has 1 heterocycles. The molecule has 2 N–H and O–H groups in total. The molecule has 0 bridgehead atoms. The van der Waals surface area contributed by atoms with Gasteiger partial charge in [0, 0.05) is 25.7 Å². The minimum Gasteiger partial charge on any atom is -0.327 e. The van der Waals surface area contributed by atoms with Crippen LogP contribution >= 0.6 is 12.4 Å². The molecule has 3 unspecified atom stereocenters. The lowest BCUT2D eigenvalue weighted by Crippen LogP contribution is -2.38. The fourth-order valence-corrected chi connectivity index (χ4v) is 3.08. The van der Waals surface area contributed by atoms with E-state index in [2.05, 4.69) is 0 Å². The second-order valence-corrected chi connectivity index (χ2v) is 5.14. The van der Waals surface area contributed by atoms with Crippen molar-refractivity contribution < 1.29 is 13.2 Å². The van der Waals surface area contributed by atoms with Crippen LogP contribution in [0.2, 0.25) is 0 Å². The van der Waals surface area contributed by atoms with Crippen molar-refractivity contribution in [3.63, 3.8) is 0 Å². The smallest absolute Gasteiger partial charge is 0.327 e. The van der Waals surface area contributed by atoms with Crippen molar-refractivity contribution >= 4 is 12.4 Å². The molecule has 0 spiro atoms. The van der Waals surface area contributed by atoms with Crippen LogP contribution in [0.1, 0.15) is 25.7 Å². The molecule has 1 aliphatic heterocycles. The monoisotopic (exact) mass is 272 g/mol. The van der Waals surface area contributed by atoms with Crippen molar-refractivity contribution in [2.45, 2.75) is 37.9 Å². The Kier molecular flexibility index (Phi) is 5.10. The van der Waals surface area contributed by atoms with Crippen LogP contribution in [0.15, 0.2) is 0 Å². The van der Waals surface area contributed by atoms with Crippen molar-refractivity contribution in [3.8, 4) is 0 Å². The predicted octanol–water partition coefficient (Wildman–Crippen LogP) is 2.42. The van der Waals surface area contributed by atoms with Gasteiger partial charge in [-0.05, 0) is 24.7 Å². The van der Waals surface area contributed by atoms with Crippen LogP contribution in [-0.4, -0.2) is 36.8 Å². The normalized spacial score (nSPS) is 34.2. The fraction of sp³-hybridized carbons (Fsp3) is 1.00. The fourth-order valence-electron chi connectivity index (χ4n) is 3.08. The Bertz CT molecular complexity index is 247. The maximum atomic E-state index is 12.1. The number of hydrogen-bond donors (Lipinski definition) is 1. The summed E-state index contributed by atoms with van der Waals surface area (Å²) in [6.45, 7) is 1.72. The second kappa shape index (κ2) is 5.76. The summed E-state index contributed by atoms with van der Waals surface area (Å²) < 4.78 is 36.3. The van der Waals surface area contributed by atoms with E-state index in [0.717, 1.165) is 32.4 Å². The van der Waals surface area contributed by atoms with E-state index < -0.39 is 12.6 Å². The largest absolute Gasteiger partial charge is 0.390 e. The quantitative estimate of drug-likeness (QED) is 0.837. The number of halogens is 4. The summed E-state index contributed by atoms with van der Waals surface area (Å²) >= 11 is 0. The maximum Gasteiger partial charge on any atom is 0.390 e. The Morgan fingerprint density at radius 2 is 1.88 bits per heavy atom. The van der Waals surface area contributed by atoms with Gasteiger partial charge in [0.2, 0.25) is 0 Å². The third-order valence-corrected chi connectivity index (χ3v) is 3.94. The van der Waals surface area contributed by atoms with Crippen molar-refractivity contribution in [2.24, 2.45) is 17.6 Å². The van der Waals surface area contributed by atoms with Crippen LogP contribution in [-0.2, 0) is 0 Å². The third kappa shape index (κ3) is 4.00. The van der Waals surface area contributed by atoms with Gasteiger partial charge in [-0.3, -0.25) is 0 Å². The minimum absolute atomic E-state index is 0. The lowest BCUT2D eigenvalue weighted by Gasteiger charge is -2.29. The van der Waals surface area contributed by atoms with E-state index in [9.17, 15) is 13.2 Å². The number of nitrogens with zero attached hydrogens (tertiary/aromatic N) is 1. The van der Waals surface area contributed by atoms with Crippen LogP contribution < -0.4 is 5.73 Å². The summed E-state index contributed by atoms with van der Waals surface area (Å²) in [5.74, 6) is 0.971. The summed E-state index contributed by atoms with van der Waals surface area (Å²) in [7, 11) is 0. The number of fused-ring (bicyclic) bond motifs is 1. The predicted molar refractivity (Wildman–Crippen MR) is 63.2 cm³/mol. The van der Waals surface area contributed by atoms with Gasteiger partial charge < -0.3 is 10.6 Å². The average Bonchev–Trinajstić information content (AvgIpc) is 2.58. The van der Waals surface area contributed by atoms with Crippen molar-refractivity contribution in [1.29, 1.82) is 0 Å². The van der Waals surface area contributed by atoms with Crippen LogP contribution in [0.3, 0.4) is 0 Å². The zero-order valence-electron chi connectivity index (χ0n) is 9.75. The highest BCUT2D eigenvalue weighted by atomic mass is 35.5. The van der Waals surface area contributed by atoms with Crippen LogP contribution in [0, 0.1) is 11.8 Å². The number of nitrogens with two attached hydrogens (primary N) is 1. The molecule has 1 aliphatic carbocycles. The molecule has 17 heavy (non-hydrogen) atoms. The first-order chi connectivity index (χ1) is 7.46. The highest BCUT2D eigenvalue weighted by Crippen LogP contribution is 2.36. The zero-order chi connectivity index (χ0) is 11.8. The first kappa shape index (κ1) is 15.1. The first-order valence-corrected chi connectivity index (χ1v) is 6.00. The molecule has 0 amide bonds. The Morgan fingerprint density at radius 1 is 1.18 bits per heavy atom. The number of hydrogen-bond acceptors (Lipinski definition) is 2. The summed E-state index contributed by atoms with van der Waals surface area (Å²) in [6.07, 6.45) is -1.41. The topological polar surface area (TPSA) is 29.3 Å². The molecule has 0 radical (unpaired) electrons. The summed E-state index contributed by atoms with van der Waals surface area (Å²) in [4.78, 5) is 1.94. The molecular weight excluding hydrogens is 253 g/mol. The minimum atomic E-state index is -4.03. The number of likely N-dealkylation sites (tertiary alicyclic amines) is 1. The Morgan fingerprint density at radius 3 is 2.47 bits per heavy atom. The van der Waals surface area contributed by atoms with E-state index >= 15 is 0 Å². The zero-order valence-corrected chi connectivity index (χ0v) is 10.6. The van der Waals surface area contributed by atoms with Gasteiger partial charge in [0.25, 0.3) is 0 Å². The van der Waals surface area contributed by atoms with Gasteiger partial charge in [0.05, 0.1) is 6.42 Å². The van der Waals surface area contributed by atoms with E-state index in [1.54, 1.807) is 0 Å². The van der Waals surface area contributed by atoms with Gasteiger partial charge in [0.1, 0.15) is 0 Å². The van der Waals surface area contributed by atoms with Crippen LogP contribution in [0.4, 0.5) is 13.2 Å². The summed E-state index contributed by atoms with van der Waals surface area (Å²) in [5.41, 5.74) is 6.02. The average molecular weight is 273 g/mol. The molecule has 0 aromatic rings. The van der Waals surface area contributed by atoms with Crippen molar-refractivity contribution in [1.82, 2.24) is 4.90 Å². The number of alkyl halides is 3. The van der Waals surface area contributed by atoms with Crippen LogP contribution in [0.25, 0.3) is 0 Å². The van der Waals surface area contributed by atoms with Crippen molar-refractivity contribution in [3.05, 3.63) is 0 Å². The molecule has 6 heteroatoms. The molecule has 0 aromatic carbocycles. The van der Waals surface area contributed by atoms with Crippen LogP contribution in [0.5, 0.6) is 0 Å². The van der Waals surface area contributed by atoms with Gasteiger partial charge in [-0.2, -0.15) is 13.2 Å². The molecule has 2 nitrogen and oxygen atoms in total. The van der Waals surface area contributed by atoms with Gasteiger partial charge in [-0.1, -0.05) is 6.42 Å². The van der Waals surface area contributed by atoms with Gasteiger partial charge in [0.15, 0.2) is 0 Å². The molecular formula is C11H20ClF3N2. The van der Waals surface area contributed by atoms with E-state index in [4.69, 9.17) is 5.73 Å². The van der Waals surface area contributed by atoms with Gasteiger partial charge in [-0.15, -0.1) is 12.4 Å². The molecule has 3 atom stereocenters. The highest BCUT2D eigenvalue weighted by Gasteiger charge is 2.39. The molecule has 1 saturated carbocycles. The lowest BCUT2D eigenvalue weighted by atomic mass is 9.78. The molecule has 1 saturated heterocycles. The van der Waals surface area contributed by atoms with Crippen molar-refractivity contribution in [2.75, 3.05) is 19.6 Å². The maximum absolute atomic E-state index is 12.1. The number of rotatable bonds is 2. The Balaban J connectivity index is 0.00000144. The standard InChI is InChI=1S/C11H19F3N2.ClH/c12-11(13,14)4-5-16-6-8-2-1-3-10(15)9(8)7-16;/h8-10H,1-7,15H2;1H. The molecule has 2 fully saturated rings. The first-order valence-electron chi connectivity index (χ1n) is 6.00. The van der Waals surface area contributed by atoms with E-state index in [-0.39, 0.29) is 25.0 Å². The molecule has 2 rings (SSSR count). The summed E-state index contributed by atoms with van der Waals surface area (Å²) in [5, 5.41) is 0. The SMILES string of the molecule is Cl.NC1CCCC2CN(CCC(F)(F)F)CC12. The summed E-state index contributed by atoms with van der Waals surface area (Å²) in [6, 6.07) is 0.203. The lowest BCUT2D eigenvalue weighted by molar-refractivity contribution is -0.137. The molecule has 102 valence electrons. The second-order valence-electron chi connectivity index (χ2n) is 5.14. The van der Waals surface area contributed by atoms with E-state index in [1.807, 2.05) is 4.90 Å². The highest BCUT2D eigenvalue weighted by molar-refractivity contribution is 5.85. The van der Waals surface area contributed by atoms with E-state index in [0.29, 0.717) is 11.8 Å². The van der Waals surface area contributed by atoms with Gasteiger partial charge >= 0.3 is 6.18 Å². The molecule has 2 aliphatic rings.